The van der Waals surface area contributed by atoms with Gasteiger partial charge in [0.05, 0.1) is 6.10 Å². The van der Waals surface area contributed by atoms with E-state index in [2.05, 4.69) is 16.7 Å². The normalized spacial score (nSPS) is 27.7. The van der Waals surface area contributed by atoms with Gasteiger partial charge in [-0.1, -0.05) is 12.1 Å². The highest BCUT2D eigenvalue weighted by Gasteiger charge is 2.39. The maximum absolute atomic E-state index is 12.7. The molecular weight excluding hydrogens is 358 g/mol. The van der Waals surface area contributed by atoms with Crippen LogP contribution in [0.4, 0.5) is 0 Å². The second-order valence-corrected chi connectivity index (χ2v) is 7.98. The lowest BCUT2D eigenvalue weighted by atomic mass is 9.93. The van der Waals surface area contributed by atoms with Crippen molar-refractivity contribution in [3.63, 3.8) is 0 Å². The van der Waals surface area contributed by atoms with Crippen LogP contribution in [-0.2, 0) is 27.4 Å². The number of methoxy groups -OCH3 is 1. The van der Waals surface area contributed by atoms with Crippen molar-refractivity contribution in [3.05, 3.63) is 34.9 Å². The highest BCUT2D eigenvalue weighted by Crippen LogP contribution is 2.28. The van der Waals surface area contributed by atoms with Crippen molar-refractivity contribution >= 4 is 17.7 Å². The Kier molecular flexibility index (Phi) is 5.46. The lowest BCUT2D eigenvalue weighted by Gasteiger charge is -2.29. The smallest absolute Gasteiger partial charge is 0.255 e. The largest absolute Gasteiger partial charge is 0.381 e. The third kappa shape index (κ3) is 3.82. The van der Waals surface area contributed by atoms with Crippen LogP contribution in [0.25, 0.3) is 0 Å². The van der Waals surface area contributed by atoms with E-state index in [4.69, 9.17) is 4.74 Å². The predicted molar refractivity (Wildman–Crippen MR) is 102 cm³/mol. The van der Waals surface area contributed by atoms with Gasteiger partial charge < -0.3 is 15.0 Å². The fraction of sp³-hybridized carbons (Fsp3) is 0.571. The number of nitrogens with zero attached hydrogens (tertiary/aromatic N) is 1. The van der Waals surface area contributed by atoms with Crippen LogP contribution in [0.1, 0.15) is 60.0 Å². The van der Waals surface area contributed by atoms with Gasteiger partial charge in [0.1, 0.15) is 6.04 Å². The molecule has 7 nitrogen and oxygen atoms in total. The van der Waals surface area contributed by atoms with E-state index in [0.717, 1.165) is 43.4 Å². The second kappa shape index (κ2) is 8.01. The molecule has 3 amide bonds. The summed E-state index contributed by atoms with van der Waals surface area (Å²) >= 11 is 0. The van der Waals surface area contributed by atoms with E-state index in [0.29, 0.717) is 30.7 Å². The first-order chi connectivity index (χ1) is 13.5. The Balaban J connectivity index is 1.37. The molecule has 2 fully saturated rings. The fourth-order valence-electron chi connectivity index (χ4n) is 4.50. The van der Waals surface area contributed by atoms with E-state index in [1.807, 2.05) is 12.1 Å². The summed E-state index contributed by atoms with van der Waals surface area (Å²) in [4.78, 5) is 37.8. The summed E-state index contributed by atoms with van der Waals surface area (Å²) in [5.74, 6) is -0.758. The minimum Gasteiger partial charge on any atom is -0.381 e. The van der Waals surface area contributed by atoms with Crippen LogP contribution in [0.2, 0.25) is 0 Å². The van der Waals surface area contributed by atoms with Crippen LogP contribution >= 0.6 is 0 Å². The van der Waals surface area contributed by atoms with Crippen molar-refractivity contribution in [2.75, 3.05) is 7.11 Å². The topological polar surface area (TPSA) is 87.7 Å². The molecule has 0 aromatic heterocycles. The number of imide groups is 1. The summed E-state index contributed by atoms with van der Waals surface area (Å²) < 4.78 is 5.42. The van der Waals surface area contributed by atoms with E-state index in [1.54, 1.807) is 12.0 Å². The van der Waals surface area contributed by atoms with Gasteiger partial charge in [-0.3, -0.25) is 19.7 Å². The second-order valence-electron chi connectivity index (χ2n) is 7.98. The number of rotatable bonds is 5. The molecule has 2 heterocycles. The van der Waals surface area contributed by atoms with Gasteiger partial charge in [-0.05, 0) is 49.3 Å². The number of piperidine rings is 1. The maximum Gasteiger partial charge on any atom is 0.255 e. The Morgan fingerprint density at radius 3 is 2.64 bits per heavy atom. The zero-order chi connectivity index (χ0) is 19.7. The van der Waals surface area contributed by atoms with Crippen LogP contribution < -0.4 is 10.6 Å². The number of fused-ring (bicyclic) bond motifs is 1. The summed E-state index contributed by atoms with van der Waals surface area (Å²) in [5, 5.41) is 5.95. The van der Waals surface area contributed by atoms with E-state index in [-0.39, 0.29) is 24.1 Å². The Labute approximate surface area is 164 Å². The molecule has 2 N–H and O–H groups in total. The summed E-state index contributed by atoms with van der Waals surface area (Å²) in [7, 11) is 1.78. The number of nitrogens with one attached hydrogen (secondary N) is 2. The third-order valence-corrected chi connectivity index (χ3v) is 6.19. The lowest BCUT2D eigenvalue weighted by molar-refractivity contribution is -0.136. The number of hydrogen-bond acceptors (Lipinski definition) is 5. The average Bonchev–Trinajstić information content (AvgIpc) is 3.02. The highest BCUT2D eigenvalue weighted by atomic mass is 16.5. The van der Waals surface area contributed by atoms with Crippen molar-refractivity contribution in [3.8, 4) is 0 Å². The van der Waals surface area contributed by atoms with Crippen molar-refractivity contribution in [2.45, 2.75) is 69.8 Å². The first kappa shape index (κ1) is 19.1. The van der Waals surface area contributed by atoms with Crippen LogP contribution in [0.3, 0.4) is 0 Å². The van der Waals surface area contributed by atoms with Crippen molar-refractivity contribution in [1.29, 1.82) is 0 Å². The van der Waals surface area contributed by atoms with E-state index < -0.39 is 6.04 Å². The van der Waals surface area contributed by atoms with Gasteiger partial charge in [-0.25, -0.2) is 0 Å². The summed E-state index contributed by atoms with van der Waals surface area (Å²) in [6, 6.07) is 5.85. The van der Waals surface area contributed by atoms with Gasteiger partial charge in [-0.15, -0.1) is 0 Å². The number of benzene rings is 1. The van der Waals surface area contributed by atoms with Gasteiger partial charge in [0.2, 0.25) is 11.8 Å². The number of ether oxygens (including phenoxy) is 1. The Morgan fingerprint density at radius 2 is 1.93 bits per heavy atom. The zero-order valence-electron chi connectivity index (χ0n) is 16.2. The van der Waals surface area contributed by atoms with Gasteiger partial charge in [-0.2, -0.15) is 0 Å². The number of carbonyl (C=O) groups is 3. The van der Waals surface area contributed by atoms with E-state index in [1.165, 1.54) is 0 Å². The first-order valence-electron chi connectivity index (χ1n) is 10.1. The Hall–Kier alpha value is -2.25. The Bertz CT molecular complexity index is 786. The van der Waals surface area contributed by atoms with E-state index in [9.17, 15) is 14.4 Å². The molecule has 2 aliphatic heterocycles. The third-order valence-electron chi connectivity index (χ3n) is 6.19. The molecule has 0 radical (unpaired) electrons. The molecule has 1 saturated heterocycles. The maximum atomic E-state index is 12.7. The molecule has 1 aromatic rings. The first-order valence-corrected chi connectivity index (χ1v) is 10.1. The molecule has 1 unspecified atom stereocenters. The zero-order valence-corrected chi connectivity index (χ0v) is 16.2. The quantitative estimate of drug-likeness (QED) is 0.750. The standard InChI is InChI=1S/C21H27N3O4/c1-28-16-5-3-15(4-6-16)22-11-13-2-7-17-14(10-13)12-24(21(17)27)18-8-9-19(25)23-20(18)26/h2,7,10,15-16,18,22H,3-6,8-9,11-12H2,1H3,(H,23,25,26)/t15-,16-,18?. The fourth-order valence-corrected chi connectivity index (χ4v) is 4.50. The van der Waals surface area contributed by atoms with Gasteiger partial charge >= 0.3 is 0 Å². The summed E-state index contributed by atoms with van der Waals surface area (Å²) in [6.45, 7) is 1.19. The van der Waals surface area contributed by atoms with Crippen LogP contribution in [0, 0.1) is 0 Å². The SMILES string of the molecule is CO[C@H]1CC[C@H](NCc2ccc3c(c2)CN(C2CCC(=O)NC2=O)C3=O)CC1. The molecule has 4 rings (SSSR count). The molecule has 28 heavy (non-hydrogen) atoms. The monoisotopic (exact) mass is 385 g/mol. The minimum atomic E-state index is -0.560. The van der Waals surface area contributed by atoms with Gasteiger partial charge in [0, 0.05) is 38.2 Å². The molecule has 150 valence electrons. The van der Waals surface area contributed by atoms with Crippen LogP contribution in [-0.4, -0.2) is 47.9 Å². The Morgan fingerprint density at radius 1 is 1.14 bits per heavy atom. The lowest BCUT2D eigenvalue weighted by Crippen LogP contribution is -2.52. The van der Waals surface area contributed by atoms with Gasteiger partial charge in [0.25, 0.3) is 5.91 Å². The molecule has 1 aromatic carbocycles. The van der Waals surface area contributed by atoms with Crippen molar-refractivity contribution < 1.29 is 19.1 Å². The van der Waals surface area contributed by atoms with Gasteiger partial charge in [0.15, 0.2) is 0 Å². The highest BCUT2D eigenvalue weighted by molar-refractivity contribution is 6.05. The van der Waals surface area contributed by atoms with Crippen molar-refractivity contribution in [2.24, 2.45) is 0 Å². The number of amides is 3. The molecule has 7 heteroatoms. The van der Waals surface area contributed by atoms with Crippen LogP contribution in [0.5, 0.6) is 0 Å². The molecular formula is C21H27N3O4. The van der Waals surface area contributed by atoms with Crippen LogP contribution in [0.15, 0.2) is 18.2 Å². The van der Waals surface area contributed by atoms with E-state index >= 15 is 0 Å². The molecule has 3 aliphatic rings. The predicted octanol–water partition coefficient (Wildman–Crippen LogP) is 1.49. The number of hydrogen-bond donors (Lipinski definition) is 2. The molecule has 1 aliphatic carbocycles. The number of carbonyl (C=O) groups excluding carboxylic acids is 3. The molecule has 1 atom stereocenters. The molecule has 0 bridgehead atoms. The minimum absolute atomic E-state index is 0.123. The summed E-state index contributed by atoms with van der Waals surface area (Å²) in [5.41, 5.74) is 2.76. The summed E-state index contributed by atoms with van der Waals surface area (Å²) in [6.07, 6.45) is 5.47. The molecule has 1 saturated carbocycles. The van der Waals surface area contributed by atoms with Crippen molar-refractivity contribution in [1.82, 2.24) is 15.5 Å². The molecule has 0 spiro atoms. The average molecular weight is 385 g/mol.